The lowest BCUT2D eigenvalue weighted by Gasteiger charge is -2.15. The number of ether oxygens (including phenoxy) is 1. The molecule has 0 bridgehead atoms. The van der Waals surface area contributed by atoms with E-state index in [1.165, 1.54) is 19.1 Å². The Balaban J connectivity index is 2.06. The molecule has 2 rings (SSSR count). The van der Waals surface area contributed by atoms with Gasteiger partial charge in [0.15, 0.2) is 6.61 Å². The van der Waals surface area contributed by atoms with Gasteiger partial charge in [-0.15, -0.1) is 0 Å². The van der Waals surface area contributed by atoms with Gasteiger partial charge in [-0.3, -0.25) is 9.78 Å². The first-order chi connectivity index (χ1) is 12.9. The molecule has 152 valence electrons. The molecular formula is C17H13F7N2O2. The molecule has 2 aromatic rings. The average Bonchev–Trinajstić information content (AvgIpc) is 2.59. The molecule has 0 fully saturated rings. The van der Waals surface area contributed by atoms with E-state index in [4.69, 9.17) is 0 Å². The third-order valence-electron chi connectivity index (χ3n) is 3.49. The third-order valence-corrected chi connectivity index (χ3v) is 3.49. The lowest BCUT2D eigenvalue weighted by Crippen LogP contribution is -2.27. The zero-order valence-electron chi connectivity index (χ0n) is 14.2. The van der Waals surface area contributed by atoms with Crippen molar-refractivity contribution in [2.75, 3.05) is 6.61 Å². The van der Waals surface area contributed by atoms with Crippen LogP contribution < -0.4 is 10.1 Å². The molecule has 28 heavy (non-hydrogen) atoms. The number of hydrogen-bond acceptors (Lipinski definition) is 3. The summed E-state index contributed by atoms with van der Waals surface area (Å²) in [5.74, 6) is -2.56. The van der Waals surface area contributed by atoms with Gasteiger partial charge in [0.2, 0.25) is 0 Å². The molecule has 4 nitrogen and oxygen atoms in total. The van der Waals surface area contributed by atoms with Crippen LogP contribution in [0.15, 0.2) is 36.5 Å². The molecule has 0 unspecified atom stereocenters. The van der Waals surface area contributed by atoms with Gasteiger partial charge >= 0.3 is 12.4 Å². The predicted octanol–water partition coefficient (Wildman–Crippen LogP) is 4.67. The van der Waals surface area contributed by atoms with E-state index in [0.717, 1.165) is 12.3 Å². The molecule has 1 heterocycles. The Morgan fingerprint density at radius 2 is 1.82 bits per heavy atom. The van der Waals surface area contributed by atoms with Crippen molar-refractivity contribution in [3.8, 4) is 5.75 Å². The van der Waals surface area contributed by atoms with Gasteiger partial charge in [0, 0.05) is 5.56 Å². The summed E-state index contributed by atoms with van der Waals surface area (Å²) in [4.78, 5) is 16.0. The van der Waals surface area contributed by atoms with Crippen LogP contribution in [0.25, 0.3) is 0 Å². The second-order valence-electron chi connectivity index (χ2n) is 5.71. The van der Waals surface area contributed by atoms with Gasteiger partial charge in [-0.25, -0.2) is 4.39 Å². The zero-order chi connectivity index (χ0) is 21.1. The number of nitrogens with one attached hydrogen (secondary N) is 1. The highest BCUT2D eigenvalue weighted by Crippen LogP contribution is 2.32. The minimum Gasteiger partial charge on any atom is -0.483 e. The first-order valence-corrected chi connectivity index (χ1v) is 7.70. The molecule has 1 amide bonds. The van der Waals surface area contributed by atoms with E-state index in [9.17, 15) is 35.5 Å². The third kappa shape index (κ3) is 5.83. The van der Waals surface area contributed by atoms with E-state index in [1.54, 1.807) is 0 Å². The topological polar surface area (TPSA) is 51.2 Å². The van der Waals surface area contributed by atoms with Crippen LogP contribution in [0.4, 0.5) is 30.7 Å². The largest absolute Gasteiger partial charge is 0.483 e. The molecular weight excluding hydrogens is 397 g/mol. The maximum atomic E-state index is 13.3. The second-order valence-corrected chi connectivity index (χ2v) is 5.71. The van der Waals surface area contributed by atoms with Crippen molar-refractivity contribution < 1.29 is 40.3 Å². The van der Waals surface area contributed by atoms with Gasteiger partial charge in [-0.05, 0) is 37.3 Å². The summed E-state index contributed by atoms with van der Waals surface area (Å²) in [5, 5.41) is 2.37. The minimum atomic E-state index is -4.96. The van der Waals surface area contributed by atoms with Gasteiger partial charge in [-0.1, -0.05) is 0 Å². The summed E-state index contributed by atoms with van der Waals surface area (Å²) in [6, 6.07) is 3.53. The van der Waals surface area contributed by atoms with E-state index in [2.05, 4.69) is 15.0 Å². The van der Waals surface area contributed by atoms with Crippen LogP contribution in [-0.4, -0.2) is 23.7 Å². The number of hydrogen-bond donors (Lipinski definition) is 1. The second kappa shape index (κ2) is 8.03. The van der Waals surface area contributed by atoms with Crippen LogP contribution in [0.3, 0.4) is 0 Å². The van der Waals surface area contributed by atoms with E-state index in [-0.39, 0.29) is 11.4 Å². The van der Waals surface area contributed by atoms with Crippen LogP contribution in [0.1, 0.15) is 34.6 Å². The maximum absolute atomic E-state index is 13.3. The lowest BCUT2D eigenvalue weighted by atomic mass is 10.1. The zero-order valence-corrected chi connectivity index (χ0v) is 14.2. The number of amides is 1. The van der Waals surface area contributed by atoms with Crippen LogP contribution in [0, 0.1) is 5.82 Å². The van der Waals surface area contributed by atoms with Crippen molar-refractivity contribution in [3.63, 3.8) is 0 Å². The molecule has 0 aliphatic rings. The molecule has 1 aromatic heterocycles. The Morgan fingerprint density at radius 3 is 2.36 bits per heavy atom. The number of alkyl halides is 6. The standard InChI is InChI=1S/C17H13F7N2O2/c1-9(14-5-3-11(7-25-14)28-8-16(19,20)21)26-15(27)10-2-4-13(18)12(6-10)17(22,23)24/h2-7,9H,8H2,1H3,(H,26,27)/t9-/m1/s1. The number of carbonyl (C=O) groups is 1. The summed E-state index contributed by atoms with van der Waals surface area (Å²) in [5.41, 5.74) is -1.76. The fourth-order valence-electron chi connectivity index (χ4n) is 2.14. The number of pyridine rings is 1. The summed E-state index contributed by atoms with van der Waals surface area (Å²) in [6.45, 7) is -0.0307. The number of halogens is 7. The van der Waals surface area contributed by atoms with E-state index in [0.29, 0.717) is 12.1 Å². The number of benzene rings is 1. The van der Waals surface area contributed by atoms with Crippen molar-refractivity contribution in [2.24, 2.45) is 0 Å². The van der Waals surface area contributed by atoms with Gasteiger partial charge in [0.05, 0.1) is 23.5 Å². The highest BCUT2D eigenvalue weighted by Gasteiger charge is 2.34. The van der Waals surface area contributed by atoms with E-state index in [1.807, 2.05) is 0 Å². The first-order valence-electron chi connectivity index (χ1n) is 7.70. The van der Waals surface area contributed by atoms with Gasteiger partial charge in [0.1, 0.15) is 11.6 Å². The van der Waals surface area contributed by atoms with Crippen molar-refractivity contribution in [2.45, 2.75) is 25.3 Å². The summed E-state index contributed by atoms with van der Waals surface area (Å²) < 4.78 is 92.3. The molecule has 0 aliphatic carbocycles. The Kier molecular flexibility index (Phi) is 6.15. The molecule has 0 saturated heterocycles. The number of nitrogens with zero attached hydrogens (tertiary/aromatic N) is 1. The number of rotatable bonds is 5. The van der Waals surface area contributed by atoms with Gasteiger partial charge in [0.25, 0.3) is 5.91 Å². The molecule has 0 aliphatic heterocycles. The molecule has 11 heteroatoms. The van der Waals surface area contributed by atoms with Crippen LogP contribution in [0.2, 0.25) is 0 Å². The Labute approximate surface area is 154 Å². The molecule has 1 aromatic carbocycles. The van der Waals surface area contributed by atoms with Gasteiger partial charge < -0.3 is 10.1 Å². The Morgan fingerprint density at radius 1 is 1.14 bits per heavy atom. The highest BCUT2D eigenvalue weighted by molar-refractivity contribution is 5.94. The number of carbonyl (C=O) groups excluding carboxylic acids is 1. The maximum Gasteiger partial charge on any atom is 0.422 e. The molecule has 0 saturated carbocycles. The normalized spacial score (nSPS) is 13.1. The van der Waals surface area contributed by atoms with Crippen molar-refractivity contribution in [1.82, 2.24) is 10.3 Å². The Hall–Kier alpha value is -2.85. The van der Waals surface area contributed by atoms with E-state index >= 15 is 0 Å². The van der Waals surface area contributed by atoms with E-state index < -0.39 is 47.9 Å². The molecule has 0 radical (unpaired) electrons. The first kappa shape index (κ1) is 21.5. The predicted molar refractivity (Wildman–Crippen MR) is 83.1 cm³/mol. The lowest BCUT2D eigenvalue weighted by molar-refractivity contribution is -0.153. The van der Waals surface area contributed by atoms with Crippen molar-refractivity contribution in [3.05, 3.63) is 59.2 Å². The number of aromatic nitrogens is 1. The minimum absolute atomic E-state index is 0.145. The van der Waals surface area contributed by atoms with Crippen molar-refractivity contribution >= 4 is 5.91 Å². The smallest absolute Gasteiger partial charge is 0.422 e. The summed E-state index contributed by atoms with van der Waals surface area (Å²) in [6.07, 6.45) is -8.45. The fourth-order valence-corrected chi connectivity index (χ4v) is 2.14. The average molecular weight is 410 g/mol. The molecule has 1 atom stereocenters. The molecule has 0 spiro atoms. The SMILES string of the molecule is C[C@@H](NC(=O)c1ccc(F)c(C(F)(F)F)c1)c1ccc(OCC(F)(F)F)cn1. The van der Waals surface area contributed by atoms with Crippen LogP contribution in [-0.2, 0) is 6.18 Å². The van der Waals surface area contributed by atoms with Crippen LogP contribution >= 0.6 is 0 Å². The van der Waals surface area contributed by atoms with Crippen LogP contribution in [0.5, 0.6) is 5.75 Å². The van der Waals surface area contributed by atoms with Crippen molar-refractivity contribution in [1.29, 1.82) is 0 Å². The molecule has 1 N–H and O–H groups in total. The fraction of sp³-hybridized carbons (Fsp3) is 0.294. The Bertz CT molecular complexity index is 833. The summed E-state index contributed by atoms with van der Waals surface area (Å²) in [7, 11) is 0. The summed E-state index contributed by atoms with van der Waals surface area (Å²) >= 11 is 0. The monoisotopic (exact) mass is 410 g/mol. The quantitative estimate of drug-likeness (QED) is 0.729. The van der Waals surface area contributed by atoms with Gasteiger partial charge in [-0.2, -0.15) is 26.3 Å². The highest BCUT2D eigenvalue weighted by atomic mass is 19.4.